The van der Waals surface area contributed by atoms with Crippen molar-refractivity contribution in [2.45, 2.75) is 20.3 Å². The van der Waals surface area contributed by atoms with Crippen molar-refractivity contribution in [1.29, 1.82) is 0 Å². The van der Waals surface area contributed by atoms with Crippen LogP contribution in [0.3, 0.4) is 0 Å². The number of rotatable bonds is 6. The van der Waals surface area contributed by atoms with Gasteiger partial charge < -0.3 is 15.0 Å². The number of amides is 2. The number of ether oxygens (including phenoxy) is 1. The second-order valence-electron chi connectivity index (χ2n) is 5.65. The van der Waals surface area contributed by atoms with Crippen molar-refractivity contribution in [2.24, 2.45) is 0 Å². The Hall–Kier alpha value is -2.89. The third-order valence-electron chi connectivity index (χ3n) is 3.68. The number of hydrogen-bond acceptors (Lipinski definition) is 3. The van der Waals surface area contributed by atoms with Crippen molar-refractivity contribution >= 4 is 23.2 Å². The monoisotopic (exact) mass is 344 g/mol. The van der Waals surface area contributed by atoms with Gasteiger partial charge in [0.1, 0.15) is 11.6 Å². The first kappa shape index (κ1) is 18.4. The van der Waals surface area contributed by atoms with Gasteiger partial charge in [-0.3, -0.25) is 9.59 Å². The molecule has 0 atom stereocenters. The molecule has 6 heteroatoms. The summed E-state index contributed by atoms with van der Waals surface area (Å²) >= 11 is 0. The lowest BCUT2D eigenvalue weighted by molar-refractivity contribution is -0.117. The van der Waals surface area contributed by atoms with Gasteiger partial charge in [0.05, 0.1) is 12.8 Å². The van der Waals surface area contributed by atoms with Crippen LogP contribution in [0.4, 0.5) is 15.8 Å². The lowest BCUT2D eigenvalue weighted by Gasteiger charge is -2.23. The Morgan fingerprint density at radius 1 is 1.20 bits per heavy atom. The van der Waals surface area contributed by atoms with Crippen molar-refractivity contribution in [3.05, 3.63) is 53.8 Å². The Morgan fingerprint density at radius 2 is 1.96 bits per heavy atom. The minimum Gasteiger partial charge on any atom is -0.495 e. The molecule has 0 bridgehead atoms. The quantitative estimate of drug-likeness (QED) is 0.872. The highest BCUT2D eigenvalue weighted by molar-refractivity contribution is 5.95. The molecule has 2 aromatic carbocycles. The number of methoxy groups -OCH3 is 1. The molecule has 0 fully saturated rings. The topological polar surface area (TPSA) is 58.6 Å². The van der Waals surface area contributed by atoms with Crippen molar-refractivity contribution in [1.82, 2.24) is 0 Å². The van der Waals surface area contributed by atoms with E-state index >= 15 is 0 Å². The molecule has 0 aromatic heterocycles. The summed E-state index contributed by atoms with van der Waals surface area (Å²) in [5.74, 6) is -0.357. The third kappa shape index (κ3) is 5.04. The van der Waals surface area contributed by atoms with Gasteiger partial charge in [-0.25, -0.2) is 4.39 Å². The fourth-order valence-electron chi connectivity index (χ4n) is 2.46. The molecule has 2 amide bonds. The van der Waals surface area contributed by atoms with E-state index in [1.807, 2.05) is 19.1 Å². The number of carbonyl (C=O) groups is 2. The van der Waals surface area contributed by atoms with Crippen LogP contribution < -0.4 is 15.0 Å². The average Bonchev–Trinajstić information content (AvgIpc) is 2.55. The molecule has 5 nitrogen and oxygen atoms in total. The Bertz CT molecular complexity index is 777. The van der Waals surface area contributed by atoms with Gasteiger partial charge in [0.15, 0.2) is 0 Å². The molecule has 2 rings (SSSR count). The number of nitrogens with one attached hydrogen (secondary N) is 1. The van der Waals surface area contributed by atoms with Crippen LogP contribution in [0.1, 0.15) is 18.9 Å². The summed E-state index contributed by atoms with van der Waals surface area (Å²) in [6.45, 7) is 3.54. The van der Waals surface area contributed by atoms with Crippen molar-refractivity contribution < 1.29 is 18.7 Å². The van der Waals surface area contributed by atoms with E-state index in [0.717, 1.165) is 5.56 Å². The molecule has 0 aliphatic heterocycles. The highest BCUT2D eigenvalue weighted by atomic mass is 19.1. The molecular formula is C19H21FN2O3. The molecule has 132 valence electrons. The van der Waals surface area contributed by atoms with Gasteiger partial charge in [0.2, 0.25) is 11.8 Å². The maximum atomic E-state index is 13.2. The number of nitrogens with zero attached hydrogens (tertiary/aromatic N) is 1. The molecule has 1 N–H and O–H groups in total. The van der Waals surface area contributed by atoms with E-state index in [0.29, 0.717) is 17.1 Å². The molecule has 0 aliphatic carbocycles. The minimum absolute atomic E-state index is 0.0766. The highest BCUT2D eigenvalue weighted by Crippen LogP contribution is 2.29. The number of aryl methyl sites for hydroxylation is 1. The summed E-state index contributed by atoms with van der Waals surface area (Å²) in [4.78, 5) is 25.6. The number of benzene rings is 2. The SMILES string of the molecule is COc1ccc(C)cc1N(CCC(=O)Nc1cccc(F)c1)C(C)=O. The molecule has 2 aromatic rings. The van der Waals surface area contributed by atoms with E-state index < -0.39 is 5.82 Å². The predicted octanol–water partition coefficient (Wildman–Crippen LogP) is 3.52. The smallest absolute Gasteiger partial charge is 0.226 e. The third-order valence-corrected chi connectivity index (χ3v) is 3.68. The van der Waals surface area contributed by atoms with Crippen molar-refractivity contribution in [2.75, 3.05) is 23.9 Å². The van der Waals surface area contributed by atoms with Crippen molar-refractivity contribution in [3.63, 3.8) is 0 Å². The lowest BCUT2D eigenvalue weighted by Crippen LogP contribution is -2.32. The molecule has 0 saturated carbocycles. The summed E-state index contributed by atoms with van der Waals surface area (Å²) in [5.41, 5.74) is 1.98. The summed E-state index contributed by atoms with van der Waals surface area (Å²) in [7, 11) is 1.53. The summed E-state index contributed by atoms with van der Waals surface area (Å²) in [5, 5.41) is 2.62. The van der Waals surface area contributed by atoms with Crippen LogP contribution in [-0.4, -0.2) is 25.5 Å². The molecule has 0 saturated heterocycles. The first-order chi connectivity index (χ1) is 11.9. The minimum atomic E-state index is -0.423. The van der Waals surface area contributed by atoms with Gasteiger partial charge in [0.25, 0.3) is 0 Å². The normalized spacial score (nSPS) is 10.2. The van der Waals surface area contributed by atoms with Gasteiger partial charge in [-0.1, -0.05) is 12.1 Å². The molecule has 0 spiro atoms. The van der Waals surface area contributed by atoms with Gasteiger partial charge in [0, 0.05) is 25.6 Å². The summed E-state index contributed by atoms with van der Waals surface area (Å²) in [6.07, 6.45) is 0.0766. The van der Waals surface area contributed by atoms with Crippen LogP contribution in [-0.2, 0) is 9.59 Å². The Morgan fingerprint density at radius 3 is 2.60 bits per heavy atom. The lowest BCUT2D eigenvalue weighted by atomic mass is 10.1. The van der Waals surface area contributed by atoms with Gasteiger partial charge in [-0.15, -0.1) is 0 Å². The van der Waals surface area contributed by atoms with E-state index in [4.69, 9.17) is 4.74 Å². The maximum Gasteiger partial charge on any atom is 0.226 e. The molecule has 0 aliphatic rings. The van der Waals surface area contributed by atoms with E-state index in [2.05, 4.69) is 5.32 Å². The molecule has 0 radical (unpaired) electrons. The van der Waals surface area contributed by atoms with Crippen LogP contribution >= 0.6 is 0 Å². The van der Waals surface area contributed by atoms with Crippen molar-refractivity contribution in [3.8, 4) is 5.75 Å². The van der Waals surface area contributed by atoms with E-state index in [-0.39, 0.29) is 24.8 Å². The zero-order valence-corrected chi connectivity index (χ0v) is 14.5. The number of hydrogen-bond donors (Lipinski definition) is 1. The van der Waals surface area contributed by atoms with E-state index in [1.165, 1.54) is 37.1 Å². The second kappa shape index (κ2) is 8.28. The fourth-order valence-corrected chi connectivity index (χ4v) is 2.46. The molecular weight excluding hydrogens is 323 g/mol. The van der Waals surface area contributed by atoms with Crippen LogP contribution in [0.2, 0.25) is 0 Å². The zero-order valence-electron chi connectivity index (χ0n) is 14.5. The van der Waals surface area contributed by atoms with E-state index in [1.54, 1.807) is 12.1 Å². The van der Waals surface area contributed by atoms with Gasteiger partial charge in [-0.2, -0.15) is 0 Å². The summed E-state index contributed by atoms with van der Waals surface area (Å²) in [6, 6.07) is 11.2. The summed E-state index contributed by atoms with van der Waals surface area (Å²) < 4.78 is 18.5. The van der Waals surface area contributed by atoms with Crippen LogP contribution in [0, 0.1) is 12.7 Å². The highest BCUT2D eigenvalue weighted by Gasteiger charge is 2.17. The number of halogens is 1. The zero-order chi connectivity index (χ0) is 18.4. The number of anilines is 2. The average molecular weight is 344 g/mol. The number of carbonyl (C=O) groups excluding carboxylic acids is 2. The van der Waals surface area contributed by atoms with Crippen LogP contribution in [0.5, 0.6) is 5.75 Å². The first-order valence-electron chi connectivity index (χ1n) is 7.89. The Kier molecular flexibility index (Phi) is 6.11. The Labute approximate surface area is 146 Å². The fraction of sp³-hybridized carbons (Fsp3) is 0.263. The largest absolute Gasteiger partial charge is 0.495 e. The Balaban J connectivity index is 2.08. The first-order valence-corrected chi connectivity index (χ1v) is 7.89. The predicted molar refractivity (Wildman–Crippen MR) is 95.4 cm³/mol. The van der Waals surface area contributed by atoms with Crippen LogP contribution in [0.25, 0.3) is 0 Å². The van der Waals surface area contributed by atoms with E-state index in [9.17, 15) is 14.0 Å². The molecule has 0 unspecified atom stereocenters. The van der Waals surface area contributed by atoms with Gasteiger partial charge >= 0.3 is 0 Å². The van der Waals surface area contributed by atoms with Gasteiger partial charge in [-0.05, 0) is 42.8 Å². The second-order valence-corrected chi connectivity index (χ2v) is 5.65. The molecule has 0 heterocycles. The molecule has 25 heavy (non-hydrogen) atoms. The maximum absolute atomic E-state index is 13.2. The standard InChI is InChI=1S/C19H21FN2O3/c1-13-7-8-18(25-3)17(11-13)22(14(2)23)10-9-19(24)21-16-6-4-5-15(20)12-16/h4-8,11-12H,9-10H2,1-3H3,(H,21,24). The van der Waals surface area contributed by atoms with Crippen LogP contribution in [0.15, 0.2) is 42.5 Å².